The van der Waals surface area contributed by atoms with Crippen LogP contribution in [0.3, 0.4) is 0 Å². The van der Waals surface area contributed by atoms with Gasteiger partial charge in [-0.25, -0.2) is 13.1 Å². The number of carbonyl (C=O) groups is 1. The molecule has 6 heteroatoms. The number of aryl methyl sites for hydroxylation is 3. The summed E-state index contributed by atoms with van der Waals surface area (Å²) in [5.74, 6) is -0.0132. The first-order valence-electron chi connectivity index (χ1n) is 10.4. The first-order valence-corrected chi connectivity index (χ1v) is 11.9. The molecule has 0 saturated heterocycles. The highest BCUT2D eigenvalue weighted by atomic mass is 32.2. The van der Waals surface area contributed by atoms with Crippen LogP contribution < -0.4 is 9.62 Å². The van der Waals surface area contributed by atoms with E-state index in [0.717, 1.165) is 42.5 Å². The average Bonchev–Trinajstić information content (AvgIpc) is 2.72. The van der Waals surface area contributed by atoms with Crippen molar-refractivity contribution < 1.29 is 13.2 Å². The molecule has 5 nitrogen and oxygen atoms in total. The van der Waals surface area contributed by atoms with Crippen LogP contribution >= 0.6 is 0 Å². The molecule has 0 bridgehead atoms. The summed E-state index contributed by atoms with van der Waals surface area (Å²) in [4.78, 5) is 13.8. The van der Waals surface area contributed by atoms with Crippen LogP contribution in [-0.2, 0) is 34.1 Å². The molecule has 1 heterocycles. The zero-order valence-electron chi connectivity index (χ0n) is 17.1. The van der Waals surface area contributed by atoms with Gasteiger partial charge in [0.15, 0.2) is 0 Å². The van der Waals surface area contributed by atoms with Gasteiger partial charge in [0.05, 0.1) is 4.90 Å². The normalized spacial score (nSPS) is 17.4. The second-order valence-corrected chi connectivity index (χ2v) is 9.86. The minimum Gasteiger partial charge on any atom is -0.312 e. The molecule has 4 rings (SSSR count). The summed E-state index contributed by atoms with van der Waals surface area (Å²) in [5.41, 5.74) is 5.47. The molecule has 29 heavy (non-hydrogen) atoms. The number of benzene rings is 2. The van der Waals surface area contributed by atoms with Crippen molar-refractivity contribution >= 4 is 21.6 Å². The summed E-state index contributed by atoms with van der Waals surface area (Å²) in [6, 6.07) is 11.1. The lowest BCUT2D eigenvalue weighted by atomic mass is 9.89. The molecule has 1 atom stereocenters. The van der Waals surface area contributed by atoms with Crippen LogP contribution in [0, 0.1) is 0 Å². The summed E-state index contributed by atoms with van der Waals surface area (Å²) >= 11 is 0. The third-order valence-corrected chi connectivity index (χ3v) is 7.60. The molecule has 1 N–H and O–H groups in total. The van der Waals surface area contributed by atoms with E-state index >= 15 is 0 Å². The van der Waals surface area contributed by atoms with E-state index in [1.165, 1.54) is 24.0 Å². The molecule has 1 unspecified atom stereocenters. The Bertz CT molecular complexity index is 1050. The monoisotopic (exact) mass is 412 g/mol. The van der Waals surface area contributed by atoms with Gasteiger partial charge in [0.1, 0.15) is 0 Å². The third kappa shape index (κ3) is 4.09. The lowest BCUT2D eigenvalue weighted by Crippen LogP contribution is -2.34. The number of rotatable bonds is 4. The van der Waals surface area contributed by atoms with E-state index in [2.05, 4.69) is 16.9 Å². The second kappa shape index (κ2) is 7.92. The predicted octanol–water partition coefficient (Wildman–Crippen LogP) is 3.90. The van der Waals surface area contributed by atoms with Crippen LogP contribution in [0.5, 0.6) is 0 Å². The fourth-order valence-corrected chi connectivity index (χ4v) is 5.74. The maximum Gasteiger partial charge on any atom is 0.241 e. The first kappa shape index (κ1) is 20.1. The lowest BCUT2D eigenvalue weighted by Gasteiger charge is -2.29. The summed E-state index contributed by atoms with van der Waals surface area (Å²) in [7, 11) is -3.65. The van der Waals surface area contributed by atoms with Crippen LogP contribution in [-0.4, -0.2) is 20.9 Å². The lowest BCUT2D eigenvalue weighted by molar-refractivity contribution is -0.116. The summed E-state index contributed by atoms with van der Waals surface area (Å²) in [6.45, 7) is 4.11. The molecule has 0 fully saturated rings. The maximum absolute atomic E-state index is 13.0. The molecule has 2 aromatic carbocycles. The van der Waals surface area contributed by atoms with E-state index in [-0.39, 0.29) is 16.8 Å². The number of sulfonamides is 1. The molecule has 1 amide bonds. The van der Waals surface area contributed by atoms with Crippen molar-refractivity contribution in [3.63, 3.8) is 0 Å². The fourth-order valence-electron chi connectivity index (χ4n) is 4.46. The van der Waals surface area contributed by atoms with Gasteiger partial charge in [-0.05, 0) is 85.9 Å². The Kier molecular flexibility index (Phi) is 5.49. The molecule has 1 aliphatic heterocycles. The number of nitrogens with one attached hydrogen (secondary N) is 1. The largest absolute Gasteiger partial charge is 0.312 e. The fraction of sp³-hybridized carbons (Fsp3) is 0.435. The number of hydrogen-bond donors (Lipinski definition) is 1. The highest BCUT2D eigenvalue weighted by Gasteiger charge is 2.24. The van der Waals surface area contributed by atoms with Gasteiger partial charge in [-0.15, -0.1) is 0 Å². The van der Waals surface area contributed by atoms with Crippen molar-refractivity contribution in [1.82, 2.24) is 4.72 Å². The number of nitrogens with zero attached hydrogens (tertiary/aromatic N) is 1. The average molecular weight is 413 g/mol. The van der Waals surface area contributed by atoms with Gasteiger partial charge in [-0.3, -0.25) is 4.79 Å². The molecule has 2 aromatic rings. The Balaban J connectivity index is 1.56. The molecule has 1 aliphatic carbocycles. The van der Waals surface area contributed by atoms with Crippen LogP contribution in [0.1, 0.15) is 61.4 Å². The highest BCUT2D eigenvalue weighted by Crippen LogP contribution is 2.30. The van der Waals surface area contributed by atoms with Gasteiger partial charge in [-0.2, -0.15) is 0 Å². The minimum atomic E-state index is -3.65. The molecule has 154 valence electrons. The van der Waals surface area contributed by atoms with Crippen molar-refractivity contribution in [3.8, 4) is 0 Å². The Morgan fingerprint density at radius 3 is 2.45 bits per heavy atom. The molecule has 0 saturated carbocycles. The Hall–Kier alpha value is -2.18. The maximum atomic E-state index is 13.0. The molecular formula is C23H28N2O3S. The molecule has 0 radical (unpaired) electrons. The minimum absolute atomic E-state index is 0.0132. The van der Waals surface area contributed by atoms with Crippen molar-refractivity contribution in [3.05, 3.63) is 58.7 Å². The van der Waals surface area contributed by atoms with E-state index in [1.54, 1.807) is 30.0 Å². The third-order valence-electron chi connectivity index (χ3n) is 6.06. The smallest absolute Gasteiger partial charge is 0.241 e. The zero-order chi connectivity index (χ0) is 20.6. The predicted molar refractivity (Wildman–Crippen MR) is 115 cm³/mol. The SMILES string of the molecule is CC(=O)N1CCCc2cc(S(=O)(=O)NC(C)c3ccc4c(c3)CCCC4)ccc21. The van der Waals surface area contributed by atoms with Crippen LogP contribution in [0.25, 0.3) is 0 Å². The summed E-state index contributed by atoms with van der Waals surface area (Å²) < 4.78 is 28.9. The van der Waals surface area contributed by atoms with Gasteiger partial charge in [-0.1, -0.05) is 18.2 Å². The van der Waals surface area contributed by atoms with Gasteiger partial charge in [0.2, 0.25) is 15.9 Å². The van der Waals surface area contributed by atoms with E-state index in [9.17, 15) is 13.2 Å². The van der Waals surface area contributed by atoms with Gasteiger partial charge in [0.25, 0.3) is 0 Å². The van der Waals surface area contributed by atoms with Crippen molar-refractivity contribution in [2.75, 3.05) is 11.4 Å². The molecule has 0 spiro atoms. The first-order chi connectivity index (χ1) is 13.8. The molecule has 2 aliphatic rings. The topological polar surface area (TPSA) is 66.5 Å². The number of hydrogen-bond acceptors (Lipinski definition) is 3. The number of carbonyl (C=O) groups excluding carboxylic acids is 1. The number of amides is 1. The summed E-state index contributed by atoms with van der Waals surface area (Å²) in [5, 5.41) is 0. The van der Waals surface area contributed by atoms with Gasteiger partial charge < -0.3 is 4.90 Å². The standard InChI is InChI=1S/C23H28N2O3S/c1-16(19-10-9-18-6-3-4-7-20(18)14-19)24-29(27,28)22-11-12-23-21(15-22)8-5-13-25(23)17(2)26/h9-12,14-16,24H,3-8,13H2,1-2H3. The van der Waals surface area contributed by atoms with Gasteiger partial charge >= 0.3 is 0 Å². The highest BCUT2D eigenvalue weighted by molar-refractivity contribution is 7.89. The quantitative estimate of drug-likeness (QED) is 0.828. The number of fused-ring (bicyclic) bond motifs is 2. The summed E-state index contributed by atoms with van der Waals surface area (Å²) in [6.07, 6.45) is 6.23. The van der Waals surface area contributed by atoms with E-state index < -0.39 is 10.0 Å². The van der Waals surface area contributed by atoms with E-state index in [1.807, 2.05) is 13.0 Å². The Morgan fingerprint density at radius 1 is 0.966 bits per heavy atom. The second-order valence-electron chi connectivity index (χ2n) is 8.14. The number of anilines is 1. The van der Waals surface area contributed by atoms with Crippen molar-refractivity contribution in [2.24, 2.45) is 0 Å². The molecular weight excluding hydrogens is 384 g/mol. The van der Waals surface area contributed by atoms with E-state index in [4.69, 9.17) is 0 Å². The Morgan fingerprint density at radius 2 is 1.69 bits per heavy atom. The molecule has 0 aromatic heterocycles. The van der Waals surface area contributed by atoms with Crippen molar-refractivity contribution in [2.45, 2.75) is 63.3 Å². The zero-order valence-corrected chi connectivity index (χ0v) is 17.9. The Labute approximate surface area is 173 Å². The van der Waals surface area contributed by atoms with Crippen LogP contribution in [0.4, 0.5) is 5.69 Å². The van der Waals surface area contributed by atoms with Gasteiger partial charge in [0, 0.05) is 25.2 Å². The van der Waals surface area contributed by atoms with E-state index in [0.29, 0.717) is 6.54 Å². The van der Waals surface area contributed by atoms with Crippen molar-refractivity contribution in [1.29, 1.82) is 0 Å². The van der Waals surface area contributed by atoms with Crippen LogP contribution in [0.2, 0.25) is 0 Å². The van der Waals surface area contributed by atoms with Crippen LogP contribution in [0.15, 0.2) is 41.3 Å².